The van der Waals surface area contributed by atoms with Gasteiger partial charge in [0.2, 0.25) is 0 Å². The Labute approximate surface area is 134 Å². The second kappa shape index (κ2) is 7.27. The van der Waals surface area contributed by atoms with Crippen molar-refractivity contribution in [1.82, 2.24) is 15.3 Å². The van der Waals surface area contributed by atoms with E-state index >= 15 is 0 Å². The highest BCUT2D eigenvalue weighted by Crippen LogP contribution is 2.28. The Bertz CT molecular complexity index is 656. The Balaban J connectivity index is 1.70. The largest absolute Gasteiger partial charge is 0.417 e. The van der Waals surface area contributed by atoms with Crippen LogP contribution in [0.15, 0.2) is 23.7 Å². The summed E-state index contributed by atoms with van der Waals surface area (Å²) >= 11 is 1.32. The van der Waals surface area contributed by atoms with Gasteiger partial charge in [0.05, 0.1) is 11.3 Å². The minimum Gasteiger partial charge on any atom is -0.368 e. The number of halogens is 3. The Morgan fingerprint density at radius 2 is 2.09 bits per heavy atom. The van der Waals surface area contributed by atoms with Crippen LogP contribution in [0.3, 0.4) is 0 Å². The maximum atomic E-state index is 12.4. The van der Waals surface area contributed by atoms with Crippen LogP contribution in [-0.2, 0) is 6.18 Å². The van der Waals surface area contributed by atoms with Gasteiger partial charge in [0.1, 0.15) is 5.82 Å². The summed E-state index contributed by atoms with van der Waals surface area (Å²) in [6, 6.07) is 1.78. The monoisotopic (exact) mass is 345 g/mol. The van der Waals surface area contributed by atoms with Gasteiger partial charge < -0.3 is 10.6 Å². The molecule has 6 nitrogen and oxygen atoms in total. The molecule has 2 rings (SSSR count). The third kappa shape index (κ3) is 5.40. The minimum atomic E-state index is -4.40. The summed E-state index contributed by atoms with van der Waals surface area (Å²) in [6.45, 7) is 2.42. The van der Waals surface area contributed by atoms with Gasteiger partial charge in [-0.05, 0) is 19.1 Å². The maximum absolute atomic E-state index is 12.4. The molecule has 0 saturated carbocycles. The van der Waals surface area contributed by atoms with Crippen molar-refractivity contribution in [2.75, 3.05) is 23.7 Å². The summed E-state index contributed by atoms with van der Waals surface area (Å²) in [5.74, 6) is 0.302. The molecule has 0 aromatic carbocycles. The van der Waals surface area contributed by atoms with Gasteiger partial charge in [-0.1, -0.05) is 0 Å². The average molecular weight is 345 g/mol. The molecule has 0 spiro atoms. The van der Waals surface area contributed by atoms with Gasteiger partial charge in [0.15, 0.2) is 5.13 Å². The number of aryl methyl sites for hydroxylation is 1. The lowest BCUT2D eigenvalue weighted by Gasteiger charge is -2.09. The summed E-state index contributed by atoms with van der Waals surface area (Å²) < 4.78 is 37.1. The SMILES string of the molecule is Cc1csc(NC(=O)NCCNc2ccc(C(F)(F)F)cn2)n1. The van der Waals surface area contributed by atoms with Crippen molar-refractivity contribution in [3.63, 3.8) is 0 Å². The number of hydrogen-bond acceptors (Lipinski definition) is 5. The van der Waals surface area contributed by atoms with Gasteiger partial charge in [0, 0.05) is 24.7 Å². The molecule has 2 amide bonds. The lowest BCUT2D eigenvalue weighted by atomic mass is 10.3. The second-order valence-electron chi connectivity index (χ2n) is 4.53. The van der Waals surface area contributed by atoms with Gasteiger partial charge >= 0.3 is 12.2 Å². The Morgan fingerprint density at radius 1 is 1.30 bits per heavy atom. The molecular formula is C13H14F3N5OS. The number of nitrogens with one attached hydrogen (secondary N) is 3. The van der Waals surface area contributed by atoms with Gasteiger partial charge in [-0.3, -0.25) is 5.32 Å². The molecule has 124 valence electrons. The molecule has 0 aliphatic carbocycles. The predicted molar refractivity (Wildman–Crippen MR) is 81.6 cm³/mol. The van der Waals surface area contributed by atoms with Gasteiger partial charge in [0.25, 0.3) is 0 Å². The molecule has 3 N–H and O–H groups in total. The van der Waals surface area contributed by atoms with E-state index in [0.717, 1.165) is 18.0 Å². The van der Waals surface area contributed by atoms with Crippen LogP contribution in [0, 0.1) is 6.92 Å². The number of alkyl halides is 3. The molecule has 10 heteroatoms. The fourth-order valence-corrected chi connectivity index (χ4v) is 2.27. The van der Waals surface area contributed by atoms with Gasteiger partial charge in [-0.2, -0.15) is 13.2 Å². The van der Waals surface area contributed by atoms with Crippen molar-refractivity contribution in [1.29, 1.82) is 0 Å². The Morgan fingerprint density at radius 3 is 2.65 bits per heavy atom. The first-order chi connectivity index (χ1) is 10.8. The van der Waals surface area contributed by atoms with Crippen molar-refractivity contribution in [3.05, 3.63) is 35.0 Å². The first kappa shape index (κ1) is 17.0. The zero-order valence-corrected chi connectivity index (χ0v) is 12.9. The molecule has 0 bridgehead atoms. The van der Waals surface area contributed by atoms with Crippen LogP contribution < -0.4 is 16.0 Å². The molecule has 0 aliphatic rings. The van der Waals surface area contributed by atoms with Crippen LogP contribution in [0.4, 0.5) is 28.9 Å². The minimum absolute atomic E-state index is 0.277. The molecule has 0 aliphatic heterocycles. The summed E-state index contributed by atoms with van der Waals surface area (Å²) in [6.07, 6.45) is -3.65. The molecule has 23 heavy (non-hydrogen) atoms. The lowest BCUT2D eigenvalue weighted by Crippen LogP contribution is -2.32. The quantitative estimate of drug-likeness (QED) is 0.728. The van der Waals surface area contributed by atoms with E-state index in [9.17, 15) is 18.0 Å². The van der Waals surface area contributed by atoms with Crippen molar-refractivity contribution >= 4 is 28.3 Å². The highest BCUT2D eigenvalue weighted by atomic mass is 32.1. The van der Waals surface area contributed by atoms with Crippen molar-refractivity contribution in [2.45, 2.75) is 13.1 Å². The topological polar surface area (TPSA) is 78.9 Å². The number of rotatable bonds is 5. The maximum Gasteiger partial charge on any atom is 0.417 e. The van der Waals surface area contributed by atoms with Crippen LogP contribution >= 0.6 is 11.3 Å². The fraction of sp³-hybridized carbons (Fsp3) is 0.308. The summed E-state index contributed by atoms with van der Waals surface area (Å²) in [4.78, 5) is 19.3. The molecule has 0 saturated heterocycles. The average Bonchev–Trinajstić information content (AvgIpc) is 2.88. The third-order valence-corrected chi connectivity index (χ3v) is 3.52. The van der Waals surface area contributed by atoms with E-state index in [0.29, 0.717) is 17.5 Å². The summed E-state index contributed by atoms with van der Waals surface area (Å²) in [5.41, 5.74) is 0.0136. The van der Waals surface area contributed by atoms with Crippen LogP contribution in [-0.4, -0.2) is 29.1 Å². The Hall–Kier alpha value is -2.36. The molecular weight excluding hydrogens is 331 g/mol. The highest BCUT2D eigenvalue weighted by Gasteiger charge is 2.30. The van der Waals surface area contributed by atoms with E-state index < -0.39 is 17.8 Å². The number of pyridine rings is 1. The molecule has 0 atom stereocenters. The fourth-order valence-electron chi connectivity index (χ4n) is 1.59. The van der Waals surface area contributed by atoms with Crippen LogP contribution in [0.5, 0.6) is 0 Å². The first-order valence-electron chi connectivity index (χ1n) is 6.59. The standard InChI is InChI=1S/C13H14F3N5OS/c1-8-7-23-12(20-8)21-11(22)18-5-4-17-10-3-2-9(6-19-10)13(14,15)16/h2-3,6-7H,4-5H2,1H3,(H,17,19)(H2,18,20,21,22). The second-order valence-corrected chi connectivity index (χ2v) is 5.39. The zero-order valence-electron chi connectivity index (χ0n) is 12.1. The molecule has 0 fully saturated rings. The zero-order chi connectivity index (χ0) is 16.9. The molecule has 0 unspecified atom stereocenters. The molecule has 0 radical (unpaired) electrons. The van der Waals surface area contributed by atoms with Gasteiger partial charge in [-0.15, -0.1) is 11.3 Å². The van der Waals surface area contributed by atoms with E-state index in [-0.39, 0.29) is 6.54 Å². The van der Waals surface area contributed by atoms with Crippen LogP contribution in [0.1, 0.15) is 11.3 Å². The predicted octanol–water partition coefficient (Wildman–Crippen LogP) is 3.10. The van der Waals surface area contributed by atoms with E-state index in [4.69, 9.17) is 0 Å². The van der Waals surface area contributed by atoms with E-state index in [2.05, 4.69) is 25.9 Å². The summed E-state index contributed by atoms with van der Waals surface area (Å²) in [7, 11) is 0. The number of nitrogens with zero attached hydrogens (tertiary/aromatic N) is 2. The van der Waals surface area contributed by atoms with E-state index in [1.54, 1.807) is 0 Å². The van der Waals surface area contributed by atoms with Gasteiger partial charge in [-0.25, -0.2) is 14.8 Å². The number of urea groups is 1. The number of hydrogen-bond donors (Lipinski definition) is 3. The van der Waals surface area contributed by atoms with Crippen molar-refractivity contribution in [2.24, 2.45) is 0 Å². The molecule has 2 heterocycles. The van der Waals surface area contributed by atoms with Crippen molar-refractivity contribution < 1.29 is 18.0 Å². The highest BCUT2D eigenvalue weighted by molar-refractivity contribution is 7.13. The first-order valence-corrected chi connectivity index (χ1v) is 7.46. The molecule has 2 aromatic rings. The lowest BCUT2D eigenvalue weighted by molar-refractivity contribution is -0.137. The van der Waals surface area contributed by atoms with Crippen molar-refractivity contribution in [3.8, 4) is 0 Å². The summed E-state index contributed by atoms with van der Waals surface area (Å²) in [5, 5.41) is 10.3. The third-order valence-electron chi connectivity index (χ3n) is 2.65. The number of anilines is 2. The number of aromatic nitrogens is 2. The molecule has 2 aromatic heterocycles. The number of thiazole rings is 1. The number of amides is 2. The number of carbonyl (C=O) groups is 1. The normalized spacial score (nSPS) is 11.1. The van der Waals surface area contributed by atoms with E-state index in [1.165, 1.54) is 17.4 Å². The van der Waals surface area contributed by atoms with E-state index in [1.807, 2.05) is 12.3 Å². The van der Waals surface area contributed by atoms with Crippen LogP contribution in [0.25, 0.3) is 0 Å². The number of carbonyl (C=O) groups excluding carboxylic acids is 1. The smallest absolute Gasteiger partial charge is 0.368 e. The van der Waals surface area contributed by atoms with Crippen LogP contribution in [0.2, 0.25) is 0 Å². The Kier molecular flexibility index (Phi) is 5.37.